The van der Waals surface area contributed by atoms with Gasteiger partial charge in [0.2, 0.25) is 5.88 Å². The highest BCUT2D eigenvalue weighted by atomic mass is 16.5. The lowest BCUT2D eigenvalue weighted by molar-refractivity contribution is 0.241. The Morgan fingerprint density at radius 2 is 1.87 bits per heavy atom. The second kappa shape index (κ2) is 8.80. The number of likely N-dealkylation sites (tertiary alicyclic amines) is 1. The number of hydrogen-bond acceptors (Lipinski definition) is 10. The van der Waals surface area contributed by atoms with Crippen LogP contribution in [0.15, 0.2) is 55.4 Å². The fraction of sp³-hybridized carbons (Fsp3) is 0.296. The molecule has 0 spiro atoms. The van der Waals surface area contributed by atoms with Crippen molar-refractivity contribution in [2.24, 2.45) is 0 Å². The zero-order valence-electron chi connectivity index (χ0n) is 21.4. The van der Waals surface area contributed by atoms with Gasteiger partial charge in [-0.2, -0.15) is 5.10 Å². The lowest BCUT2D eigenvalue weighted by Gasteiger charge is -2.48. The van der Waals surface area contributed by atoms with Crippen molar-refractivity contribution in [1.82, 2.24) is 34.4 Å². The highest BCUT2D eigenvalue weighted by Gasteiger charge is 2.46. The van der Waals surface area contributed by atoms with Gasteiger partial charge in [-0.25, -0.2) is 24.5 Å². The number of methoxy groups -OCH3 is 1. The van der Waals surface area contributed by atoms with Crippen LogP contribution < -0.4 is 19.7 Å². The number of aryl methyl sites for hydroxylation is 1. The molecule has 2 atom stereocenters. The summed E-state index contributed by atoms with van der Waals surface area (Å²) in [6.45, 7) is 4.07. The monoisotopic (exact) mass is 509 g/mol. The standard InChI is InChI=1S/C27H27N9O2/c1-16-10-17(4-6-21(16)38-24-11-23-29-14-32-36(23)15-31-24)33-27-25-18(28-13-30-27)5-7-22(37-3)26(25)35-12-20-19(35)8-9-34(20)2/h4-7,10-11,13-15,19-20H,8-9,12H2,1-3H3,(H,28,30,33)/t19-,20-/m0/s1. The lowest BCUT2D eigenvalue weighted by Crippen LogP contribution is -2.61. The first-order valence-electron chi connectivity index (χ1n) is 12.6. The van der Waals surface area contributed by atoms with Gasteiger partial charge in [0.15, 0.2) is 5.65 Å². The van der Waals surface area contributed by atoms with Crippen LogP contribution >= 0.6 is 0 Å². The van der Waals surface area contributed by atoms with Gasteiger partial charge in [0, 0.05) is 36.9 Å². The van der Waals surface area contributed by atoms with E-state index < -0.39 is 0 Å². The minimum Gasteiger partial charge on any atom is -0.495 e. The van der Waals surface area contributed by atoms with Crippen LogP contribution in [0.25, 0.3) is 16.6 Å². The Labute approximate surface area is 219 Å². The minimum atomic E-state index is 0.457. The van der Waals surface area contributed by atoms with E-state index in [1.165, 1.54) is 6.33 Å². The predicted octanol–water partition coefficient (Wildman–Crippen LogP) is 3.81. The molecule has 2 aromatic carbocycles. The highest BCUT2D eigenvalue weighted by molar-refractivity contribution is 6.04. The van der Waals surface area contributed by atoms with E-state index in [4.69, 9.17) is 9.47 Å². The molecule has 2 aliphatic heterocycles. The molecule has 3 aromatic heterocycles. The van der Waals surface area contributed by atoms with Gasteiger partial charge >= 0.3 is 0 Å². The first-order valence-corrected chi connectivity index (χ1v) is 12.6. The van der Waals surface area contributed by atoms with Crippen LogP contribution in [-0.2, 0) is 0 Å². The van der Waals surface area contributed by atoms with E-state index in [2.05, 4.69) is 47.2 Å². The Morgan fingerprint density at radius 1 is 0.974 bits per heavy atom. The van der Waals surface area contributed by atoms with E-state index in [9.17, 15) is 0 Å². The Hall–Kier alpha value is -4.51. The fourth-order valence-corrected chi connectivity index (χ4v) is 5.59. The number of hydrogen-bond donors (Lipinski definition) is 1. The average Bonchev–Trinajstić information content (AvgIpc) is 3.49. The van der Waals surface area contributed by atoms with Crippen molar-refractivity contribution in [1.29, 1.82) is 0 Å². The molecule has 7 rings (SSSR count). The Morgan fingerprint density at radius 3 is 2.71 bits per heavy atom. The molecule has 0 unspecified atom stereocenters. The van der Waals surface area contributed by atoms with Crippen molar-refractivity contribution in [3.05, 3.63) is 60.9 Å². The van der Waals surface area contributed by atoms with E-state index in [-0.39, 0.29) is 0 Å². The van der Waals surface area contributed by atoms with Crippen LogP contribution in [0.2, 0.25) is 0 Å². The Kier molecular flexibility index (Phi) is 5.25. The molecule has 2 fully saturated rings. The van der Waals surface area contributed by atoms with Gasteiger partial charge < -0.3 is 19.7 Å². The van der Waals surface area contributed by atoms with Gasteiger partial charge in [-0.05, 0) is 56.3 Å². The second-order valence-electron chi connectivity index (χ2n) is 9.79. The molecule has 5 aromatic rings. The molecular formula is C27H27N9O2. The van der Waals surface area contributed by atoms with Crippen molar-refractivity contribution < 1.29 is 9.47 Å². The molecule has 192 valence electrons. The molecule has 0 radical (unpaired) electrons. The van der Waals surface area contributed by atoms with Crippen molar-refractivity contribution >= 4 is 33.7 Å². The quantitative estimate of drug-likeness (QED) is 0.363. The average molecular weight is 510 g/mol. The zero-order chi connectivity index (χ0) is 25.8. The molecule has 0 aliphatic carbocycles. The van der Waals surface area contributed by atoms with Gasteiger partial charge in [0.05, 0.1) is 23.7 Å². The summed E-state index contributed by atoms with van der Waals surface area (Å²) < 4.78 is 13.5. The van der Waals surface area contributed by atoms with Crippen LogP contribution in [0.4, 0.5) is 17.2 Å². The summed E-state index contributed by atoms with van der Waals surface area (Å²) >= 11 is 0. The first kappa shape index (κ1) is 22.7. The van der Waals surface area contributed by atoms with Gasteiger partial charge in [0.1, 0.15) is 36.3 Å². The highest BCUT2D eigenvalue weighted by Crippen LogP contribution is 2.46. The third-order valence-electron chi connectivity index (χ3n) is 7.62. The van der Waals surface area contributed by atoms with Crippen molar-refractivity contribution in [3.8, 4) is 17.4 Å². The molecule has 0 amide bonds. The summed E-state index contributed by atoms with van der Waals surface area (Å²) in [5.74, 6) is 2.74. The van der Waals surface area contributed by atoms with Gasteiger partial charge in [-0.3, -0.25) is 4.90 Å². The maximum absolute atomic E-state index is 6.04. The van der Waals surface area contributed by atoms with Crippen LogP contribution in [0.3, 0.4) is 0 Å². The number of nitrogens with zero attached hydrogens (tertiary/aromatic N) is 8. The van der Waals surface area contributed by atoms with E-state index in [0.717, 1.165) is 58.9 Å². The van der Waals surface area contributed by atoms with E-state index >= 15 is 0 Å². The molecule has 5 heterocycles. The number of benzene rings is 2. The Balaban J connectivity index is 1.21. The number of rotatable bonds is 6. The number of fused-ring (bicyclic) bond motifs is 3. The van der Waals surface area contributed by atoms with Gasteiger partial charge in [-0.15, -0.1) is 0 Å². The number of likely N-dealkylation sites (N-methyl/N-ethyl adjacent to an activating group) is 1. The summed E-state index contributed by atoms with van der Waals surface area (Å²) in [7, 11) is 3.93. The zero-order valence-corrected chi connectivity index (χ0v) is 21.4. The van der Waals surface area contributed by atoms with Gasteiger partial charge in [0.25, 0.3) is 0 Å². The second-order valence-corrected chi connectivity index (χ2v) is 9.79. The first-order chi connectivity index (χ1) is 18.6. The molecular weight excluding hydrogens is 482 g/mol. The molecule has 0 bridgehead atoms. The third-order valence-corrected chi connectivity index (χ3v) is 7.62. The normalized spacial score (nSPS) is 19.0. The van der Waals surface area contributed by atoms with Crippen molar-refractivity contribution in [2.45, 2.75) is 25.4 Å². The summed E-state index contributed by atoms with van der Waals surface area (Å²) in [5, 5.41) is 8.56. The molecule has 2 saturated heterocycles. The van der Waals surface area contributed by atoms with Crippen LogP contribution in [0, 0.1) is 6.92 Å². The van der Waals surface area contributed by atoms with Crippen molar-refractivity contribution in [2.75, 3.05) is 37.5 Å². The Bertz CT molecular complexity index is 1670. The molecule has 1 N–H and O–H groups in total. The maximum Gasteiger partial charge on any atom is 0.224 e. The van der Waals surface area contributed by atoms with Gasteiger partial charge in [-0.1, -0.05) is 0 Å². The summed E-state index contributed by atoms with van der Waals surface area (Å²) in [4.78, 5) is 22.6. The lowest BCUT2D eigenvalue weighted by atomic mass is 9.94. The smallest absolute Gasteiger partial charge is 0.224 e. The van der Waals surface area contributed by atoms with E-state index in [1.54, 1.807) is 30.3 Å². The maximum atomic E-state index is 6.04. The molecule has 11 nitrogen and oxygen atoms in total. The molecule has 11 heteroatoms. The summed E-state index contributed by atoms with van der Waals surface area (Å²) in [6, 6.07) is 12.7. The largest absolute Gasteiger partial charge is 0.495 e. The minimum absolute atomic E-state index is 0.457. The molecule has 38 heavy (non-hydrogen) atoms. The van der Waals surface area contributed by atoms with Crippen LogP contribution in [-0.4, -0.2) is 73.8 Å². The van der Waals surface area contributed by atoms with Crippen LogP contribution in [0.1, 0.15) is 12.0 Å². The number of anilines is 3. The molecule has 0 saturated carbocycles. The summed E-state index contributed by atoms with van der Waals surface area (Å²) in [5.41, 5.74) is 4.45. The third kappa shape index (κ3) is 3.66. The number of nitrogens with one attached hydrogen (secondary N) is 1. The van der Waals surface area contributed by atoms with E-state index in [0.29, 0.717) is 29.4 Å². The topological polar surface area (TPSA) is 106 Å². The fourth-order valence-electron chi connectivity index (χ4n) is 5.59. The molecule has 2 aliphatic rings. The van der Waals surface area contributed by atoms with Crippen LogP contribution in [0.5, 0.6) is 17.4 Å². The number of ether oxygens (including phenoxy) is 2. The predicted molar refractivity (Wildman–Crippen MR) is 144 cm³/mol. The number of aromatic nitrogens is 6. The van der Waals surface area contributed by atoms with Crippen molar-refractivity contribution in [3.63, 3.8) is 0 Å². The van der Waals surface area contributed by atoms with E-state index in [1.807, 2.05) is 37.3 Å². The summed E-state index contributed by atoms with van der Waals surface area (Å²) in [6.07, 6.45) is 5.80. The SMILES string of the molecule is COc1ccc2ncnc(Nc3ccc(Oc4cc5ncnn5cn4)c(C)c3)c2c1N1C[C@H]2[C@@H]1CCN2C.